The van der Waals surface area contributed by atoms with Gasteiger partial charge in [-0.25, -0.2) is 0 Å². The van der Waals surface area contributed by atoms with Crippen LogP contribution < -0.4 is 5.32 Å². The van der Waals surface area contributed by atoms with E-state index in [4.69, 9.17) is 0 Å². The van der Waals surface area contributed by atoms with Gasteiger partial charge in [0.2, 0.25) is 0 Å². The Morgan fingerprint density at radius 3 is 2.94 bits per heavy atom. The maximum absolute atomic E-state index is 10.6. The molecule has 0 aromatic heterocycles. The highest BCUT2D eigenvalue weighted by Crippen LogP contribution is 2.29. The average Bonchev–Trinajstić information content (AvgIpc) is 2.38. The Hall–Kier alpha value is -0.750. The Kier molecular flexibility index (Phi) is 4.88. The lowest BCUT2D eigenvalue weighted by Gasteiger charge is -2.22. The largest absolute Gasteiger partial charge is 0.383 e. The number of nitrogens with zero attached hydrogens (tertiary/aromatic N) is 1. The van der Waals surface area contributed by atoms with E-state index in [-0.39, 0.29) is 10.6 Å². The van der Waals surface area contributed by atoms with E-state index in [0.29, 0.717) is 5.25 Å². The Balaban J connectivity index is 1.94. The van der Waals surface area contributed by atoms with Crippen molar-refractivity contribution in [2.75, 3.05) is 17.6 Å². The van der Waals surface area contributed by atoms with Gasteiger partial charge in [0, 0.05) is 34.1 Å². The number of anilines is 1. The van der Waals surface area contributed by atoms with E-state index in [0.717, 1.165) is 16.7 Å². The summed E-state index contributed by atoms with van der Waals surface area (Å²) in [6.45, 7) is 0.918. The number of non-ortho nitro benzene ring substituents is 1. The first kappa shape index (κ1) is 13.7. The zero-order chi connectivity index (χ0) is 13.0. The Morgan fingerprint density at radius 1 is 1.50 bits per heavy atom. The molecule has 1 fully saturated rings. The predicted molar refractivity (Wildman–Crippen MR) is 79.4 cm³/mol. The van der Waals surface area contributed by atoms with Crippen molar-refractivity contribution in [3.63, 3.8) is 0 Å². The van der Waals surface area contributed by atoms with Crippen LogP contribution in [0.2, 0.25) is 0 Å². The van der Waals surface area contributed by atoms with Crippen LogP contribution in [0.3, 0.4) is 0 Å². The van der Waals surface area contributed by atoms with Crippen LogP contribution in [0.1, 0.15) is 19.3 Å². The number of nitro benzene ring substituents is 1. The molecule has 1 aliphatic rings. The van der Waals surface area contributed by atoms with Crippen molar-refractivity contribution < 1.29 is 4.92 Å². The molecule has 0 amide bonds. The molecule has 1 aromatic rings. The minimum atomic E-state index is -0.383. The topological polar surface area (TPSA) is 55.2 Å². The minimum absolute atomic E-state index is 0.111. The Bertz CT molecular complexity index is 436. The minimum Gasteiger partial charge on any atom is -0.383 e. The normalized spacial score (nSPS) is 19.5. The second-order valence-electron chi connectivity index (χ2n) is 4.29. The molecule has 1 aromatic carbocycles. The van der Waals surface area contributed by atoms with Crippen molar-refractivity contribution in [3.05, 3.63) is 32.8 Å². The third-order valence-corrected chi connectivity index (χ3v) is 5.01. The molecular formula is C12H15BrN2O2S. The zero-order valence-electron chi connectivity index (χ0n) is 9.89. The summed E-state index contributed by atoms with van der Waals surface area (Å²) < 4.78 is 0.748. The lowest BCUT2D eigenvalue weighted by atomic mass is 10.2. The molecule has 1 heterocycles. The first-order chi connectivity index (χ1) is 8.66. The third kappa shape index (κ3) is 3.62. The monoisotopic (exact) mass is 330 g/mol. The fourth-order valence-corrected chi connectivity index (χ4v) is 3.70. The molecule has 0 radical (unpaired) electrons. The van der Waals surface area contributed by atoms with Gasteiger partial charge in [-0.3, -0.25) is 10.1 Å². The first-order valence-electron chi connectivity index (χ1n) is 5.96. The summed E-state index contributed by atoms with van der Waals surface area (Å²) in [4.78, 5) is 10.2. The van der Waals surface area contributed by atoms with Crippen molar-refractivity contribution in [3.8, 4) is 0 Å². The van der Waals surface area contributed by atoms with Gasteiger partial charge in [0.25, 0.3) is 5.69 Å². The molecule has 0 saturated carbocycles. The molecule has 0 aliphatic carbocycles. The lowest BCUT2D eigenvalue weighted by Crippen LogP contribution is -2.20. The van der Waals surface area contributed by atoms with Crippen molar-refractivity contribution in [2.45, 2.75) is 24.5 Å². The highest BCUT2D eigenvalue weighted by molar-refractivity contribution is 9.10. The summed E-state index contributed by atoms with van der Waals surface area (Å²) in [7, 11) is 0. The quantitative estimate of drug-likeness (QED) is 0.668. The number of thioether (sulfide) groups is 1. The zero-order valence-corrected chi connectivity index (χ0v) is 12.3. The van der Waals surface area contributed by atoms with Gasteiger partial charge < -0.3 is 5.32 Å². The fourth-order valence-electron chi connectivity index (χ4n) is 1.95. The van der Waals surface area contributed by atoms with Gasteiger partial charge in [-0.15, -0.1) is 0 Å². The van der Waals surface area contributed by atoms with Gasteiger partial charge in [0.1, 0.15) is 0 Å². The van der Waals surface area contributed by atoms with Crippen molar-refractivity contribution in [2.24, 2.45) is 0 Å². The SMILES string of the molecule is O=[N+]([O-])c1ccc(NCC2CCCCS2)c(Br)c1. The standard InChI is InChI=1S/C12H15BrN2O2S/c13-11-7-9(15(16)17)4-5-12(11)14-8-10-3-1-2-6-18-10/h4-5,7,10,14H,1-3,6,8H2. The number of benzene rings is 1. The molecule has 1 N–H and O–H groups in total. The van der Waals surface area contributed by atoms with Gasteiger partial charge in [-0.05, 0) is 40.6 Å². The molecule has 4 nitrogen and oxygen atoms in total. The molecule has 0 spiro atoms. The van der Waals surface area contributed by atoms with Crippen LogP contribution in [-0.2, 0) is 0 Å². The summed E-state index contributed by atoms with van der Waals surface area (Å²) in [5.74, 6) is 1.24. The van der Waals surface area contributed by atoms with E-state index in [1.165, 1.54) is 37.1 Å². The highest BCUT2D eigenvalue weighted by Gasteiger charge is 2.14. The van der Waals surface area contributed by atoms with Crippen LogP contribution in [0.25, 0.3) is 0 Å². The van der Waals surface area contributed by atoms with E-state index in [9.17, 15) is 10.1 Å². The Morgan fingerprint density at radius 2 is 2.33 bits per heavy atom. The average molecular weight is 331 g/mol. The van der Waals surface area contributed by atoms with Gasteiger partial charge in [-0.1, -0.05) is 6.42 Å². The van der Waals surface area contributed by atoms with E-state index in [2.05, 4.69) is 21.2 Å². The van der Waals surface area contributed by atoms with Crippen LogP contribution in [-0.4, -0.2) is 22.5 Å². The number of hydrogen-bond acceptors (Lipinski definition) is 4. The van der Waals surface area contributed by atoms with Gasteiger partial charge in [-0.2, -0.15) is 11.8 Å². The van der Waals surface area contributed by atoms with Gasteiger partial charge in [0.15, 0.2) is 0 Å². The van der Waals surface area contributed by atoms with E-state index in [1.54, 1.807) is 6.07 Å². The third-order valence-electron chi connectivity index (χ3n) is 2.96. The highest BCUT2D eigenvalue weighted by atomic mass is 79.9. The molecule has 6 heteroatoms. The first-order valence-corrected chi connectivity index (χ1v) is 7.80. The molecule has 1 unspecified atom stereocenters. The van der Waals surface area contributed by atoms with E-state index >= 15 is 0 Å². The fraction of sp³-hybridized carbons (Fsp3) is 0.500. The van der Waals surface area contributed by atoms with Crippen molar-refractivity contribution >= 4 is 39.1 Å². The number of halogens is 1. The summed E-state index contributed by atoms with van der Waals surface area (Å²) in [6.07, 6.45) is 3.88. The maximum atomic E-state index is 10.6. The molecule has 0 bridgehead atoms. The Labute approximate surface area is 119 Å². The lowest BCUT2D eigenvalue weighted by molar-refractivity contribution is -0.384. The van der Waals surface area contributed by atoms with Gasteiger partial charge in [0.05, 0.1) is 4.92 Å². The number of nitro groups is 1. The second-order valence-corrected chi connectivity index (χ2v) is 6.55. The molecule has 1 saturated heterocycles. The molecule has 1 atom stereocenters. The second kappa shape index (κ2) is 6.43. The molecule has 18 heavy (non-hydrogen) atoms. The van der Waals surface area contributed by atoms with Crippen LogP contribution in [0, 0.1) is 10.1 Å². The maximum Gasteiger partial charge on any atom is 0.270 e. The van der Waals surface area contributed by atoms with Crippen molar-refractivity contribution in [1.82, 2.24) is 0 Å². The molecular weight excluding hydrogens is 316 g/mol. The van der Waals surface area contributed by atoms with Crippen LogP contribution in [0.15, 0.2) is 22.7 Å². The van der Waals surface area contributed by atoms with Crippen molar-refractivity contribution in [1.29, 1.82) is 0 Å². The number of rotatable bonds is 4. The van der Waals surface area contributed by atoms with Crippen LogP contribution in [0.4, 0.5) is 11.4 Å². The van der Waals surface area contributed by atoms with E-state index in [1.807, 2.05) is 11.8 Å². The molecule has 2 rings (SSSR count). The predicted octanol–water partition coefficient (Wildman–Crippen LogP) is 4.05. The summed E-state index contributed by atoms with van der Waals surface area (Å²) in [5.41, 5.74) is 1.03. The molecule has 98 valence electrons. The number of nitrogens with one attached hydrogen (secondary N) is 1. The smallest absolute Gasteiger partial charge is 0.270 e. The number of hydrogen-bond donors (Lipinski definition) is 1. The summed E-state index contributed by atoms with van der Waals surface area (Å²) >= 11 is 5.38. The van der Waals surface area contributed by atoms with Crippen LogP contribution in [0.5, 0.6) is 0 Å². The van der Waals surface area contributed by atoms with E-state index < -0.39 is 0 Å². The summed E-state index contributed by atoms with van der Waals surface area (Å²) in [5, 5.41) is 14.6. The van der Waals surface area contributed by atoms with Crippen LogP contribution >= 0.6 is 27.7 Å². The summed E-state index contributed by atoms with van der Waals surface area (Å²) in [6, 6.07) is 4.83. The van der Waals surface area contributed by atoms with Gasteiger partial charge >= 0.3 is 0 Å². The molecule has 1 aliphatic heterocycles.